The summed E-state index contributed by atoms with van der Waals surface area (Å²) < 4.78 is -0.717. The Hall–Kier alpha value is 0.180. The number of carboxylic acid groups (broad SMARTS) is 1. The summed E-state index contributed by atoms with van der Waals surface area (Å²) in [4.78, 5) is 14.0. The molecule has 3 N–H and O–H groups in total. The first-order valence-corrected chi connectivity index (χ1v) is 6.61. The van der Waals surface area contributed by atoms with Crippen molar-refractivity contribution in [2.75, 3.05) is 6.61 Å². The number of carbonyl (C=O) groups is 1. The highest BCUT2D eigenvalue weighted by Crippen LogP contribution is 2.36. The molecule has 0 spiro atoms. The second kappa shape index (κ2) is 6.20. The molecular formula is C9H17O4S3+. The Morgan fingerprint density at radius 1 is 1.31 bits per heavy atom. The first-order valence-electron chi connectivity index (χ1n) is 4.57. The summed E-state index contributed by atoms with van der Waals surface area (Å²) in [6.07, 6.45) is 0. The third-order valence-electron chi connectivity index (χ3n) is 1.66. The molecule has 0 aromatic carbocycles. The molecule has 0 radical (unpaired) electrons. The largest absolute Gasteiger partial charge is 0.480 e. The average molecular weight is 285 g/mol. The van der Waals surface area contributed by atoms with Gasteiger partial charge in [-0.15, -0.1) is 5.26 Å². The molecular weight excluding hydrogens is 268 g/mol. The van der Waals surface area contributed by atoms with Crippen molar-refractivity contribution < 1.29 is 20.0 Å². The Kier molecular flexibility index (Phi) is 6.27. The zero-order chi connectivity index (χ0) is 13.0. The summed E-state index contributed by atoms with van der Waals surface area (Å²) in [5.41, 5.74) is 0. The standard InChI is InChI=1S/C9H16O4S3/c1-8(2,5-13-12)15-7(14)16-9(3,4)6(10)11/h12H,5H2,1-4H3,(H,10,11)/p+1. The Morgan fingerprint density at radius 3 is 2.19 bits per heavy atom. The Bertz CT molecular complexity index is 276. The third-order valence-corrected chi connectivity index (χ3v) is 4.36. The van der Waals surface area contributed by atoms with E-state index >= 15 is 0 Å². The van der Waals surface area contributed by atoms with Gasteiger partial charge in [0, 0.05) is 0 Å². The van der Waals surface area contributed by atoms with Crippen molar-refractivity contribution in [2.24, 2.45) is 0 Å². The summed E-state index contributed by atoms with van der Waals surface area (Å²) in [6, 6.07) is 0. The molecule has 4 nitrogen and oxygen atoms in total. The van der Waals surface area contributed by atoms with Gasteiger partial charge in [0.15, 0.2) is 6.61 Å². The number of aliphatic carboxylic acids is 1. The number of thiocarbonyl (C=S) groups is 1. The second-order valence-corrected chi connectivity index (χ2v) is 8.86. The first-order chi connectivity index (χ1) is 7.10. The fourth-order valence-corrected chi connectivity index (χ4v) is 4.55. The molecule has 0 aliphatic carbocycles. The quantitative estimate of drug-likeness (QED) is 0.350. The number of aliphatic hydroxyl groups is 1. The van der Waals surface area contributed by atoms with E-state index in [0.717, 1.165) is 11.8 Å². The minimum Gasteiger partial charge on any atom is -0.480 e. The zero-order valence-electron chi connectivity index (χ0n) is 9.68. The maximum absolute atomic E-state index is 10.9. The predicted molar refractivity (Wildman–Crippen MR) is 73.3 cm³/mol. The van der Waals surface area contributed by atoms with Crippen LogP contribution in [0.15, 0.2) is 0 Å². The van der Waals surface area contributed by atoms with Crippen LogP contribution in [0.25, 0.3) is 0 Å². The van der Waals surface area contributed by atoms with Crippen LogP contribution in [-0.2, 0) is 4.79 Å². The highest BCUT2D eigenvalue weighted by Gasteiger charge is 2.33. The van der Waals surface area contributed by atoms with E-state index in [9.17, 15) is 4.79 Å². The summed E-state index contributed by atoms with van der Waals surface area (Å²) >= 11 is 7.61. The zero-order valence-corrected chi connectivity index (χ0v) is 12.1. The number of carboxylic acids is 1. The fraction of sp³-hybridized carbons (Fsp3) is 0.778. The van der Waals surface area contributed by atoms with Gasteiger partial charge in [-0.05, 0) is 27.7 Å². The van der Waals surface area contributed by atoms with Gasteiger partial charge >= 0.3 is 5.97 Å². The van der Waals surface area contributed by atoms with E-state index in [0.29, 0.717) is 3.53 Å². The topological polar surface area (TPSA) is 70.3 Å². The van der Waals surface area contributed by atoms with Crippen LogP contribution < -0.4 is 0 Å². The van der Waals surface area contributed by atoms with Crippen molar-refractivity contribution >= 4 is 45.2 Å². The van der Waals surface area contributed by atoms with Gasteiger partial charge in [0.2, 0.25) is 0 Å². The van der Waals surface area contributed by atoms with Crippen LogP contribution in [0.1, 0.15) is 27.7 Å². The molecule has 0 amide bonds. The third kappa shape index (κ3) is 6.05. The van der Waals surface area contributed by atoms with E-state index in [1.807, 2.05) is 13.8 Å². The van der Waals surface area contributed by atoms with E-state index in [-0.39, 0.29) is 11.4 Å². The SMILES string of the molecule is CC(C)(C[OH+]O)SC(=S)SC(C)(C)C(=O)O. The lowest BCUT2D eigenvalue weighted by atomic mass is 10.2. The lowest BCUT2D eigenvalue weighted by Gasteiger charge is -2.23. The van der Waals surface area contributed by atoms with Crippen LogP contribution >= 0.6 is 35.7 Å². The van der Waals surface area contributed by atoms with Crippen molar-refractivity contribution in [1.82, 2.24) is 0 Å². The maximum atomic E-state index is 10.9. The van der Waals surface area contributed by atoms with E-state index in [1.165, 1.54) is 11.8 Å². The van der Waals surface area contributed by atoms with Crippen LogP contribution in [0.5, 0.6) is 0 Å². The fourth-order valence-electron chi connectivity index (χ4n) is 0.701. The molecule has 0 aromatic heterocycles. The van der Waals surface area contributed by atoms with E-state index in [4.69, 9.17) is 22.6 Å². The van der Waals surface area contributed by atoms with Gasteiger partial charge in [-0.25, -0.2) is 0 Å². The molecule has 0 heterocycles. The normalized spacial score (nSPS) is 12.6. The van der Waals surface area contributed by atoms with Crippen molar-refractivity contribution in [3.63, 3.8) is 0 Å². The Labute approximate surface area is 109 Å². The van der Waals surface area contributed by atoms with E-state index < -0.39 is 10.7 Å². The highest BCUT2D eigenvalue weighted by atomic mass is 32.2. The van der Waals surface area contributed by atoms with Crippen LogP contribution in [0.3, 0.4) is 0 Å². The lowest BCUT2D eigenvalue weighted by Crippen LogP contribution is -2.30. The molecule has 0 atom stereocenters. The number of hydrogen-bond acceptors (Lipinski definition) is 5. The second-order valence-electron chi connectivity index (χ2n) is 4.33. The van der Waals surface area contributed by atoms with Crippen LogP contribution in [0, 0.1) is 0 Å². The predicted octanol–water partition coefficient (Wildman–Crippen LogP) is 2.38. The number of rotatable bonds is 5. The molecule has 94 valence electrons. The van der Waals surface area contributed by atoms with Crippen molar-refractivity contribution in [3.8, 4) is 0 Å². The summed E-state index contributed by atoms with van der Waals surface area (Å²) in [5, 5.41) is 17.4. The van der Waals surface area contributed by atoms with Crippen molar-refractivity contribution in [3.05, 3.63) is 0 Å². The van der Waals surface area contributed by atoms with Gasteiger partial charge in [-0.1, -0.05) is 35.7 Å². The smallest absolute Gasteiger partial charge is 0.319 e. The maximum Gasteiger partial charge on any atom is 0.319 e. The molecule has 0 unspecified atom stereocenters. The van der Waals surface area contributed by atoms with Gasteiger partial charge in [-0.3, -0.25) is 9.68 Å². The number of hydrogen-bond donors (Lipinski definition) is 2. The van der Waals surface area contributed by atoms with Crippen molar-refractivity contribution in [2.45, 2.75) is 37.2 Å². The average Bonchev–Trinajstić information content (AvgIpc) is 1.99. The molecule has 0 aliphatic heterocycles. The van der Waals surface area contributed by atoms with E-state index in [2.05, 4.69) is 4.89 Å². The van der Waals surface area contributed by atoms with Gasteiger partial charge in [0.1, 0.15) is 8.28 Å². The summed E-state index contributed by atoms with van der Waals surface area (Å²) in [7, 11) is 0. The molecule has 0 aliphatic rings. The van der Waals surface area contributed by atoms with Gasteiger partial charge in [-0.2, -0.15) is 0 Å². The molecule has 7 heteroatoms. The Morgan fingerprint density at radius 2 is 1.81 bits per heavy atom. The Balaban J connectivity index is 4.34. The summed E-state index contributed by atoms with van der Waals surface area (Å²) in [6.45, 7) is 7.24. The van der Waals surface area contributed by atoms with Crippen LogP contribution in [0.4, 0.5) is 0 Å². The van der Waals surface area contributed by atoms with Crippen LogP contribution in [-0.4, -0.2) is 40.9 Å². The van der Waals surface area contributed by atoms with Gasteiger partial charge in [0.05, 0.1) is 4.75 Å². The highest BCUT2D eigenvalue weighted by molar-refractivity contribution is 8.48. The van der Waals surface area contributed by atoms with Crippen LogP contribution in [0.2, 0.25) is 0 Å². The minimum absolute atomic E-state index is 0.256. The molecule has 0 saturated heterocycles. The molecule has 0 aromatic rings. The first kappa shape index (κ1) is 16.2. The molecule has 0 rings (SSSR count). The monoisotopic (exact) mass is 285 g/mol. The van der Waals surface area contributed by atoms with Crippen molar-refractivity contribution in [1.29, 1.82) is 0 Å². The molecule has 16 heavy (non-hydrogen) atoms. The van der Waals surface area contributed by atoms with Gasteiger partial charge in [0.25, 0.3) is 0 Å². The lowest BCUT2D eigenvalue weighted by molar-refractivity contribution is -0.378. The summed E-state index contributed by atoms with van der Waals surface area (Å²) in [5.74, 6) is -0.898. The molecule has 0 saturated carbocycles. The molecule has 0 fully saturated rings. The molecule has 0 bridgehead atoms. The van der Waals surface area contributed by atoms with E-state index in [1.54, 1.807) is 13.8 Å². The minimum atomic E-state index is -0.934. The van der Waals surface area contributed by atoms with Gasteiger partial charge < -0.3 is 5.11 Å². The number of thioether (sulfide) groups is 2.